The van der Waals surface area contributed by atoms with Crippen molar-refractivity contribution in [2.45, 2.75) is 20.3 Å². The van der Waals surface area contributed by atoms with Gasteiger partial charge in [-0.05, 0) is 47.0 Å². The number of hydrogen-bond donors (Lipinski definition) is 2. The van der Waals surface area contributed by atoms with Gasteiger partial charge in [0.15, 0.2) is 0 Å². The van der Waals surface area contributed by atoms with Crippen molar-refractivity contribution >= 4 is 56.5 Å². The van der Waals surface area contributed by atoms with Crippen molar-refractivity contribution in [1.29, 1.82) is 0 Å². The normalized spacial score (nSPS) is 10.5. The molecule has 4 nitrogen and oxygen atoms in total. The predicted octanol–water partition coefficient (Wildman–Crippen LogP) is 5.42. The lowest BCUT2D eigenvalue weighted by molar-refractivity contribution is 0.962. The van der Waals surface area contributed by atoms with Gasteiger partial charge in [0.05, 0.1) is 10.7 Å². The Morgan fingerprint density at radius 1 is 1.14 bits per heavy atom. The summed E-state index contributed by atoms with van der Waals surface area (Å²) in [5.41, 5.74) is 1.63. The third-order valence-electron chi connectivity index (χ3n) is 2.83. The second-order valence-corrected chi connectivity index (χ2v) is 6.13. The third kappa shape index (κ3) is 3.99. The highest BCUT2D eigenvalue weighted by molar-refractivity contribution is 9.10. The summed E-state index contributed by atoms with van der Waals surface area (Å²) >= 11 is 15.9. The molecule has 0 saturated carbocycles. The van der Waals surface area contributed by atoms with Crippen LogP contribution in [0.2, 0.25) is 10.0 Å². The van der Waals surface area contributed by atoms with Crippen LogP contribution >= 0.6 is 39.1 Å². The smallest absolute Gasteiger partial charge is 0.150 e. The first-order chi connectivity index (χ1) is 10.0. The number of nitrogens with zero attached hydrogens (tertiary/aromatic N) is 2. The number of halogens is 3. The lowest BCUT2D eigenvalue weighted by Gasteiger charge is -2.13. The van der Waals surface area contributed by atoms with E-state index in [2.05, 4.69) is 43.5 Å². The zero-order valence-corrected chi connectivity index (χ0v) is 14.8. The van der Waals surface area contributed by atoms with E-state index in [9.17, 15) is 0 Å². The number of anilines is 3. The fraction of sp³-hybridized carbons (Fsp3) is 0.286. The standard InChI is InChI=1S/C14H15BrCl2N4/c1-3-4-18-13-12(15)14(20-7-19-13)21-11-6-9(16)8(2)5-10(11)17/h5-7H,3-4H2,1-2H3,(H2,18,19,20,21). The molecule has 112 valence electrons. The molecule has 21 heavy (non-hydrogen) atoms. The summed E-state index contributed by atoms with van der Waals surface area (Å²) in [6.45, 7) is 4.84. The molecular formula is C14H15BrCl2N4. The van der Waals surface area contributed by atoms with E-state index in [1.807, 2.05) is 13.0 Å². The van der Waals surface area contributed by atoms with Crippen LogP contribution in [0.3, 0.4) is 0 Å². The minimum absolute atomic E-state index is 0.588. The maximum atomic E-state index is 6.23. The summed E-state index contributed by atoms with van der Waals surface area (Å²) < 4.78 is 0.756. The highest BCUT2D eigenvalue weighted by atomic mass is 79.9. The molecule has 0 atom stereocenters. The molecule has 0 unspecified atom stereocenters. The molecule has 0 radical (unpaired) electrons. The van der Waals surface area contributed by atoms with Gasteiger partial charge in [-0.3, -0.25) is 0 Å². The maximum absolute atomic E-state index is 6.23. The van der Waals surface area contributed by atoms with Gasteiger partial charge in [-0.15, -0.1) is 0 Å². The van der Waals surface area contributed by atoms with Gasteiger partial charge in [0.2, 0.25) is 0 Å². The molecule has 1 heterocycles. The largest absolute Gasteiger partial charge is 0.369 e. The van der Waals surface area contributed by atoms with Crippen LogP contribution in [-0.4, -0.2) is 16.5 Å². The zero-order chi connectivity index (χ0) is 15.4. The van der Waals surface area contributed by atoms with Crippen molar-refractivity contribution in [3.63, 3.8) is 0 Å². The maximum Gasteiger partial charge on any atom is 0.150 e. The van der Waals surface area contributed by atoms with E-state index in [-0.39, 0.29) is 0 Å². The molecule has 0 aliphatic heterocycles. The molecule has 1 aromatic heterocycles. The minimum atomic E-state index is 0.588. The van der Waals surface area contributed by atoms with Gasteiger partial charge in [-0.1, -0.05) is 30.1 Å². The van der Waals surface area contributed by atoms with Crippen LogP contribution < -0.4 is 10.6 Å². The topological polar surface area (TPSA) is 49.8 Å². The summed E-state index contributed by atoms with van der Waals surface area (Å²) in [4.78, 5) is 8.43. The lowest BCUT2D eigenvalue weighted by Crippen LogP contribution is -2.05. The van der Waals surface area contributed by atoms with Gasteiger partial charge < -0.3 is 10.6 Å². The quantitative estimate of drug-likeness (QED) is 0.716. The molecule has 1 aromatic carbocycles. The molecule has 0 saturated heterocycles. The van der Waals surface area contributed by atoms with Crippen molar-refractivity contribution in [2.24, 2.45) is 0 Å². The number of nitrogens with one attached hydrogen (secondary N) is 2. The average molecular weight is 390 g/mol. The Hall–Kier alpha value is -1.04. The second kappa shape index (κ2) is 7.29. The van der Waals surface area contributed by atoms with Crippen LogP contribution in [0.5, 0.6) is 0 Å². The molecule has 0 bridgehead atoms. The molecule has 0 amide bonds. The van der Waals surface area contributed by atoms with Crippen molar-refractivity contribution in [2.75, 3.05) is 17.2 Å². The SMILES string of the molecule is CCCNc1ncnc(Nc2cc(Cl)c(C)cc2Cl)c1Br. The molecule has 0 aliphatic rings. The number of hydrogen-bond acceptors (Lipinski definition) is 4. The van der Waals surface area contributed by atoms with Gasteiger partial charge in [0.1, 0.15) is 22.4 Å². The first-order valence-corrected chi connectivity index (χ1v) is 8.04. The van der Waals surface area contributed by atoms with E-state index >= 15 is 0 Å². The monoisotopic (exact) mass is 388 g/mol. The van der Waals surface area contributed by atoms with E-state index in [1.165, 1.54) is 6.33 Å². The molecule has 7 heteroatoms. The average Bonchev–Trinajstić information content (AvgIpc) is 2.45. The van der Waals surface area contributed by atoms with E-state index in [0.29, 0.717) is 21.6 Å². The molecule has 0 spiro atoms. The Bertz CT molecular complexity index is 649. The summed E-state index contributed by atoms with van der Waals surface area (Å²) in [7, 11) is 0. The van der Waals surface area contributed by atoms with Crippen LogP contribution in [0.25, 0.3) is 0 Å². The summed E-state index contributed by atoms with van der Waals surface area (Å²) in [5.74, 6) is 1.37. The van der Waals surface area contributed by atoms with E-state index in [4.69, 9.17) is 23.2 Å². The second-order valence-electron chi connectivity index (χ2n) is 4.52. The first kappa shape index (κ1) is 16.3. The molecule has 0 fully saturated rings. The Balaban J connectivity index is 2.29. The first-order valence-electron chi connectivity index (χ1n) is 6.50. The van der Waals surface area contributed by atoms with Crippen LogP contribution in [0, 0.1) is 6.92 Å². The number of aryl methyl sites for hydroxylation is 1. The highest BCUT2D eigenvalue weighted by Gasteiger charge is 2.11. The fourth-order valence-electron chi connectivity index (χ4n) is 1.69. The van der Waals surface area contributed by atoms with Crippen molar-refractivity contribution in [3.8, 4) is 0 Å². The summed E-state index contributed by atoms with van der Waals surface area (Å²) in [5, 5.41) is 7.64. The Morgan fingerprint density at radius 3 is 2.57 bits per heavy atom. The van der Waals surface area contributed by atoms with Gasteiger partial charge in [0.25, 0.3) is 0 Å². The van der Waals surface area contributed by atoms with E-state index < -0.39 is 0 Å². The lowest BCUT2D eigenvalue weighted by atomic mass is 10.2. The van der Waals surface area contributed by atoms with Crippen molar-refractivity contribution in [3.05, 3.63) is 38.5 Å². The molecule has 0 aliphatic carbocycles. The Morgan fingerprint density at radius 2 is 1.86 bits per heavy atom. The van der Waals surface area contributed by atoms with Gasteiger partial charge in [-0.2, -0.15) is 0 Å². The molecule has 2 N–H and O–H groups in total. The molecule has 2 aromatic rings. The summed E-state index contributed by atoms with van der Waals surface area (Å²) in [6.07, 6.45) is 2.51. The molecule has 2 rings (SSSR count). The van der Waals surface area contributed by atoms with Gasteiger partial charge >= 0.3 is 0 Å². The van der Waals surface area contributed by atoms with E-state index in [0.717, 1.165) is 28.8 Å². The highest BCUT2D eigenvalue weighted by Crippen LogP contribution is 2.34. The van der Waals surface area contributed by atoms with Crippen molar-refractivity contribution < 1.29 is 0 Å². The number of benzene rings is 1. The van der Waals surface area contributed by atoms with E-state index in [1.54, 1.807) is 6.07 Å². The Kier molecular flexibility index (Phi) is 5.67. The number of aromatic nitrogens is 2. The van der Waals surface area contributed by atoms with Crippen LogP contribution in [0.15, 0.2) is 22.9 Å². The minimum Gasteiger partial charge on any atom is -0.369 e. The number of rotatable bonds is 5. The van der Waals surface area contributed by atoms with Crippen LogP contribution in [-0.2, 0) is 0 Å². The van der Waals surface area contributed by atoms with Gasteiger partial charge in [-0.25, -0.2) is 9.97 Å². The summed E-state index contributed by atoms with van der Waals surface area (Å²) in [6, 6.07) is 3.60. The molecular weight excluding hydrogens is 375 g/mol. The van der Waals surface area contributed by atoms with Crippen LogP contribution in [0.4, 0.5) is 17.3 Å². The Labute approximate surface area is 142 Å². The third-order valence-corrected chi connectivity index (χ3v) is 4.30. The van der Waals surface area contributed by atoms with Crippen LogP contribution in [0.1, 0.15) is 18.9 Å². The fourth-order valence-corrected chi connectivity index (χ4v) is 2.57. The van der Waals surface area contributed by atoms with Crippen molar-refractivity contribution in [1.82, 2.24) is 9.97 Å². The van der Waals surface area contributed by atoms with Gasteiger partial charge in [0, 0.05) is 11.6 Å². The zero-order valence-electron chi connectivity index (χ0n) is 11.7. The predicted molar refractivity (Wildman–Crippen MR) is 93.0 cm³/mol.